The van der Waals surface area contributed by atoms with E-state index in [1.54, 1.807) is 6.07 Å². The van der Waals surface area contributed by atoms with E-state index >= 15 is 0 Å². The molecule has 1 unspecified atom stereocenters. The zero-order valence-corrected chi connectivity index (χ0v) is 16.4. The molecule has 0 radical (unpaired) electrons. The van der Waals surface area contributed by atoms with Crippen molar-refractivity contribution in [2.75, 3.05) is 19.0 Å². The normalized spacial score (nSPS) is 12.1. The Morgan fingerprint density at radius 1 is 1.21 bits per heavy atom. The number of amides is 1. The first-order chi connectivity index (χ1) is 13.3. The molecule has 1 amide bonds. The highest BCUT2D eigenvalue weighted by Gasteiger charge is 2.18. The Morgan fingerprint density at radius 2 is 1.96 bits per heavy atom. The van der Waals surface area contributed by atoms with E-state index in [0.717, 1.165) is 6.42 Å². The maximum Gasteiger partial charge on any atom is 0.412 e. The number of methoxy groups -OCH3 is 1. The van der Waals surface area contributed by atoms with Gasteiger partial charge in [-0.2, -0.15) is 0 Å². The van der Waals surface area contributed by atoms with Crippen LogP contribution in [0, 0.1) is 11.8 Å². The van der Waals surface area contributed by atoms with Crippen molar-refractivity contribution < 1.29 is 23.0 Å². The first-order valence-corrected chi connectivity index (χ1v) is 9.02. The summed E-state index contributed by atoms with van der Waals surface area (Å²) in [6.07, 6.45) is 0.328. The Bertz CT molecular complexity index is 800. The second-order valence-corrected chi connectivity index (χ2v) is 7.00. The lowest BCUT2D eigenvalue weighted by molar-refractivity contribution is 0.142. The van der Waals surface area contributed by atoms with Gasteiger partial charge >= 0.3 is 6.09 Å². The lowest BCUT2D eigenvalue weighted by atomic mass is 10.00. The predicted octanol–water partition coefficient (Wildman–Crippen LogP) is 5.32. The number of hydrogen-bond donors (Lipinski definition) is 1. The molecule has 1 atom stereocenters. The van der Waals surface area contributed by atoms with E-state index in [9.17, 15) is 13.6 Å². The summed E-state index contributed by atoms with van der Waals surface area (Å²) in [7, 11) is 1.23. The molecule has 0 saturated heterocycles. The molecule has 28 heavy (non-hydrogen) atoms. The summed E-state index contributed by atoms with van der Waals surface area (Å²) in [5.41, 5.74) is 0.636. The Labute approximate surface area is 163 Å². The third kappa shape index (κ3) is 6.14. The fraction of sp³-hybridized carbons (Fsp3) is 0.450. The van der Waals surface area contributed by atoms with E-state index in [0.29, 0.717) is 23.8 Å². The molecular formula is C20H25F2N3O3. The molecule has 0 bridgehead atoms. The Hall–Kier alpha value is -2.77. The van der Waals surface area contributed by atoms with Gasteiger partial charge in [0.1, 0.15) is 11.6 Å². The van der Waals surface area contributed by atoms with Gasteiger partial charge in [-0.1, -0.05) is 20.8 Å². The molecule has 0 spiro atoms. The number of carbonyl (C=O) groups excluding carboxylic acids is 1. The highest BCUT2D eigenvalue weighted by atomic mass is 19.3. The number of pyridine rings is 2. The highest BCUT2D eigenvalue weighted by molar-refractivity contribution is 5.84. The second-order valence-electron chi connectivity index (χ2n) is 7.00. The standard InChI is InChI=1S/C20H25F2N3O3/c1-12(2)7-13(3)11-28-17-10-24-16(9-15(17)19(21)22)14-5-6-23-18(8-14)25-20(26)27-4/h5-6,8-10,12-13,19H,7,11H2,1-4H3,(H,23,25,26). The van der Waals surface area contributed by atoms with Crippen LogP contribution in [-0.4, -0.2) is 29.8 Å². The molecule has 6 nitrogen and oxygen atoms in total. The molecule has 152 valence electrons. The van der Waals surface area contributed by atoms with Gasteiger partial charge < -0.3 is 9.47 Å². The molecule has 2 aromatic heterocycles. The van der Waals surface area contributed by atoms with Gasteiger partial charge in [-0.05, 0) is 36.5 Å². The summed E-state index contributed by atoms with van der Waals surface area (Å²) in [5, 5.41) is 2.43. The monoisotopic (exact) mass is 393 g/mol. The van der Waals surface area contributed by atoms with Crippen LogP contribution in [0.3, 0.4) is 0 Å². The van der Waals surface area contributed by atoms with Crippen LogP contribution in [0.4, 0.5) is 19.4 Å². The van der Waals surface area contributed by atoms with Crippen LogP contribution in [0.25, 0.3) is 11.3 Å². The minimum absolute atomic E-state index is 0.0799. The molecule has 0 aliphatic carbocycles. The average Bonchev–Trinajstić information content (AvgIpc) is 2.65. The number of aromatic nitrogens is 2. The number of alkyl halides is 2. The molecule has 0 aromatic carbocycles. The van der Waals surface area contributed by atoms with Crippen LogP contribution >= 0.6 is 0 Å². The van der Waals surface area contributed by atoms with E-state index in [2.05, 4.69) is 33.9 Å². The molecule has 0 aliphatic rings. The summed E-state index contributed by atoms with van der Waals surface area (Å²) in [6, 6.07) is 4.44. The zero-order valence-electron chi connectivity index (χ0n) is 16.4. The second kappa shape index (κ2) is 9.96. The largest absolute Gasteiger partial charge is 0.491 e. The number of ether oxygens (including phenoxy) is 2. The van der Waals surface area contributed by atoms with E-state index in [1.807, 2.05) is 6.92 Å². The van der Waals surface area contributed by atoms with Crippen molar-refractivity contribution in [3.63, 3.8) is 0 Å². The SMILES string of the molecule is COC(=O)Nc1cc(-c2cc(C(F)F)c(OCC(C)CC(C)C)cn2)ccn1. The number of halogens is 2. The lowest BCUT2D eigenvalue weighted by Crippen LogP contribution is -2.12. The number of anilines is 1. The summed E-state index contributed by atoms with van der Waals surface area (Å²) in [6.45, 7) is 6.59. The first-order valence-electron chi connectivity index (χ1n) is 9.02. The van der Waals surface area contributed by atoms with Gasteiger partial charge in [0.2, 0.25) is 0 Å². The quantitative estimate of drug-likeness (QED) is 0.657. The lowest BCUT2D eigenvalue weighted by Gasteiger charge is -2.17. The van der Waals surface area contributed by atoms with Crippen molar-refractivity contribution in [2.24, 2.45) is 11.8 Å². The topological polar surface area (TPSA) is 73.3 Å². The average molecular weight is 393 g/mol. The van der Waals surface area contributed by atoms with Gasteiger partial charge in [0.05, 0.1) is 31.2 Å². The fourth-order valence-electron chi connectivity index (χ4n) is 2.83. The van der Waals surface area contributed by atoms with Crippen LogP contribution in [0.5, 0.6) is 5.75 Å². The summed E-state index contributed by atoms with van der Waals surface area (Å²) in [5.74, 6) is 1.06. The van der Waals surface area contributed by atoms with Crippen molar-refractivity contribution >= 4 is 11.9 Å². The summed E-state index contributed by atoms with van der Waals surface area (Å²) < 4.78 is 37.3. The predicted molar refractivity (Wildman–Crippen MR) is 103 cm³/mol. The van der Waals surface area contributed by atoms with Crippen LogP contribution in [-0.2, 0) is 4.74 Å². The number of nitrogens with one attached hydrogen (secondary N) is 1. The van der Waals surface area contributed by atoms with E-state index in [-0.39, 0.29) is 23.0 Å². The number of rotatable bonds is 8. The fourth-order valence-corrected chi connectivity index (χ4v) is 2.83. The maximum atomic E-state index is 13.6. The molecule has 0 aliphatic heterocycles. The summed E-state index contributed by atoms with van der Waals surface area (Å²) >= 11 is 0. The van der Waals surface area contributed by atoms with Crippen molar-refractivity contribution in [1.29, 1.82) is 0 Å². The van der Waals surface area contributed by atoms with Gasteiger partial charge in [0.25, 0.3) is 6.43 Å². The van der Waals surface area contributed by atoms with Gasteiger partial charge in [-0.3, -0.25) is 10.3 Å². The number of carbonyl (C=O) groups is 1. The highest BCUT2D eigenvalue weighted by Crippen LogP contribution is 2.32. The number of nitrogens with zero attached hydrogens (tertiary/aromatic N) is 2. The van der Waals surface area contributed by atoms with Crippen LogP contribution < -0.4 is 10.1 Å². The minimum atomic E-state index is -2.70. The van der Waals surface area contributed by atoms with Gasteiger partial charge in [0.15, 0.2) is 0 Å². The summed E-state index contributed by atoms with van der Waals surface area (Å²) in [4.78, 5) is 19.5. The van der Waals surface area contributed by atoms with Crippen molar-refractivity contribution in [2.45, 2.75) is 33.6 Å². The Balaban J connectivity index is 2.22. The van der Waals surface area contributed by atoms with Crippen LogP contribution in [0.1, 0.15) is 39.2 Å². The van der Waals surface area contributed by atoms with Gasteiger partial charge in [0, 0.05) is 11.8 Å². The third-order valence-corrected chi connectivity index (χ3v) is 4.00. The molecule has 2 rings (SSSR count). The zero-order chi connectivity index (χ0) is 20.7. The third-order valence-electron chi connectivity index (χ3n) is 4.00. The van der Waals surface area contributed by atoms with Crippen molar-refractivity contribution in [1.82, 2.24) is 9.97 Å². The van der Waals surface area contributed by atoms with E-state index in [1.165, 1.54) is 31.6 Å². The molecule has 8 heteroatoms. The minimum Gasteiger partial charge on any atom is -0.491 e. The molecule has 0 fully saturated rings. The maximum absolute atomic E-state index is 13.6. The van der Waals surface area contributed by atoms with Crippen LogP contribution in [0.2, 0.25) is 0 Å². The molecule has 2 heterocycles. The van der Waals surface area contributed by atoms with Gasteiger partial charge in [-0.25, -0.2) is 18.6 Å². The van der Waals surface area contributed by atoms with E-state index < -0.39 is 12.5 Å². The van der Waals surface area contributed by atoms with Crippen molar-refractivity contribution in [3.05, 3.63) is 36.2 Å². The molecule has 2 aromatic rings. The van der Waals surface area contributed by atoms with E-state index in [4.69, 9.17) is 4.74 Å². The smallest absolute Gasteiger partial charge is 0.412 e. The Kier molecular flexibility index (Phi) is 7.66. The number of hydrogen-bond acceptors (Lipinski definition) is 5. The first kappa shape index (κ1) is 21.5. The van der Waals surface area contributed by atoms with Crippen molar-refractivity contribution in [3.8, 4) is 17.0 Å². The molecule has 1 N–H and O–H groups in total. The molecular weight excluding hydrogens is 368 g/mol. The van der Waals surface area contributed by atoms with Gasteiger partial charge in [-0.15, -0.1) is 0 Å². The Morgan fingerprint density at radius 3 is 2.61 bits per heavy atom. The molecule has 0 saturated carbocycles. The van der Waals surface area contributed by atoms with Crippen LogP contribution in [0.15, 0.2) is 30.6 Å².